The van der Waals surface area contributed by atoms with E-state index in [2.05, 4.69) is 24.3 Å². The zero-order chi connectivity index (χ0) is 17.6. The van der Waals surface area contributed by atoms with Crippen molar-refractivity contribution in [3.05, 3.63) is 35.9 Å². The highest BCUT2D eigenvalue weighted by Gasteiger charge is 2.38. The maximum absolute atomic E-state index is 12.9. The van der Waals surface area contributed by atoms with Gasteiger partial charge in [0.1, 0.15) is 12.2 Å². The van der Waals surface area contributed by atoms with Gasteiger partial charge in [-0.1, -0.05) is 30.3 Å². The van der Waals surface area contributed by atoms with Crippen LogP contribution in [0.3, 0.4) is 0 Å². The predicted molar refractivity (Wildman–Crippen MR) is 95.8 cm³/mol. The van der Waals surface area contributed by atoms with Crippen LogP contribution in [-0.2, 0) is 20.7 Å². The van der Waals surface area contributed by atoms with Crippen molar-refractivity contribution in [2.24, 2.45) is 5.73 Å². The topological polar surface area (TPSA) is 72.6 Å². The van der Waals surface area contributed by atoms with E-state index in [0.29, 0.717) is 18.9 Å². The third kappa shape index (κ3) is 4.60. The molecule has 0 spiro atoms. The third-order valence-corrected chi connectivity index (χ3v) is 5.37. The fraction of sp³-hybridized carbons (Fsp3) is 0.600. The number of rotatable bonds is 6. The van der Waals surface area contributed by atoms with Gasteiger partial charge in [0.25, 0.3) is 5.91 Å². The van der Waals surface area contributed by atoms with Gasteiger partial charge in [-0.3, -0.25) is 9.59 Å². The SMILES string of the molecule is NC(=O)[C@@H]1CC[C@H](C(=O)N2CCCC[C@@H]2CCCc2ccccc2)O1. The Balaban J connectivity index is 1.53. The Bertz CT molecular complexity index is 590. The number of hydrogen-bond acceptors (Lipinski definition) is 3. The molecule has 2 aliphatic rings. The first kappa shape index (κ1) is 17.9. The van der Waals surface area contributed by atoms with Crippen molar-refractivity contribution >= 4 is 11.8 Å². The highest BCUT2D eigenvalue weighted by molar-refractivity contribution is 5.84. The first-order valence-electron chi connectivity index (χ1n) is 9.44. The molecule has 136 valence electrons. The Morgan fingerprint density at radius 2 is 1.84 bits per heavy atom. The van der Waals surface area contributed by atoms with Crippen LogP contribution in [0.2, 0.25) is 0 Å². The average molecular weight is 344 g/mol. The molecule has 0 saturated carbocycles. The summed E-state index contributed by atoms with van der Waals surface area (Å²) in [7, 11) is 0. The van der Waals surface area contributed by atoms with Gasteiger partial charge in [0.15, 0.2) is 0 Å². The molecule has 2 fully saturated rings. The second-order valence-electron chi connectivity index (χ2n) is 7.15. The van der Waals surface area contributed by atoms with Crippen LogP contribution < -0.4 is 5.73 Å². The van der Waals surface area contributed by atoms with Gasteiger partial charge in [0.2, 0.25) is 5.91 Å². The van der Waals surface area contributed by atoms with Crippen molar-refractivity contribution in [1.82, 2.24) is 4.90 Å². The fourth-order valence-corrected chi connectivity index (χ4v) is 3.99. The molecule has 0 aromatic heterocycles. The molecule has 0 unspecified atom stereocenters. The monoisotopic (exact) mass is 344 g/mol. The van der Waals surface area contributed by atoms with Gasteiger partial charge < -0.3 is 15.4 Å². The lowest BCUT2D eigenvalue weighted by atomic mass is 9.95. The number of hydrogen-bond donors (Lipinski definition) is 1. The van der Waals surface area contributed by atoms with E-state index in [0.717, 1.165) is 38.6 Å². The van der Waals surface area contributed by atoms with E-state index in [-0.39, 0.29) is 5.91 Å². The van der Waals surface area contributed by atoms with Gasteiger partial charge >= 0.3 is 0 Å². The Morgan fingerprint density at radius 1 is 1.08 bits per heavy atom. The summed E-state index contributed by atoms with van der Waals surface area (Å²) in [6.45, 7) is 0.802. The largest absolute Gasteiger partial charge is 0.367 e. The van der Waals surface area contributed by atoms with E-state index in [4.69, 9.17) is 10.5 Å². The summed E-state index contributed by atoms with van der Waals surface area (Å²) in [4.78, 5) is 26.1. The van der Waals surface area contributed by atoms with Crippen molar-refractivity contribution in [3.63, 3.8) is 0 Å². The molecule has 1 aromatic rings. The molecule has 25 heavy (non-hydrogen) atoms. The van der Waals surface area contributed by atoms with Crippen LogP contribution >= 0.6 is 0 Å². The molecule has 2 heterocycles. The molecular formula is C20H28N2O3. The molecule has 2 saturated heterocycles. The maximum Gasteiger partial charge on any atom is 0.251 e. The minimum Gasteiger partial charge on any atom is -0.367 e. The van der Waals surface area contributed by atoms with Crippen LogP contribution in [0.5, 0.6) is 0 Å². The van der Waals surface area contributed by atoms with Gasteiger partial charge in [-0.15, -0.1) is 0 Å². The van der Waals surface area contributed by atoms with Crippen LogP contribution in [0.4, 0.5) is 0 Å². The second-order valence-corrected chi connectivity index (χ2v) is 7.15. The molecule has 2 aliphatic heterocycles. The predicted octanol–water partition coefficient (Wildman–Crippen LogP) is 2.42. The molecule has 0 bridgehead atoms. The summed E-state index contributed by atoms with van der Waals surface area (Å²) in [5.74, 6) is -0.415. The first-order chi connectivity index (χ1) is 12.1. The van der Waals surface area contributed by atoms with Crippen molar-refractivity contribution in [2.45, 2.75) is 69.6 Å². The number of likely N-dealkylation sites (tertiary alicyclic amines) is 1. The summed E-state index contributed by atoms with van der Waals surface area (Å²) in [6, 6.07) is 10.8. The van der Waals surface area contributed by atoms with Crippen molar-refractivity contribution in [1.29, 1.82) is 0 Å². The van der Waals surface area contributed by atoms with Gasteiger partial charge in [-0.05, 0) is 56.9 Å². The number of carbonyl (C=O) groups is 2. The van der Waals surface area contributed by atoms with Gasteiger partial charge in [0.05, 0.1) is 0 Å². The molecule has 0 aliphatic carbocycles. The lowest BCUT2D eigenvalue weighted by molar-refractivity contribution is -0.149. The Hall–Kier alpha value is -1.88. The number of nitrogens with two attached hydrogens (primary N) is 1. The van der Waals surface area contributed by atoms with E-state index in [1.807, 2.05) is 11.0 Å². The number of aryl methyl sites for hydroxylation is 1. The lowest BCUT2D eigenvalue weighted by Gasteiger charge is -2.37. The molecule has 3 atom stereocenters. The quantitative estimate of drug-likeness (QED) is 0.861. The molecule has 0 radical (unpaired) electrons. The van der Waals surface area contributed by atoms with E-state index in [1.165, 1.54) is 12.0 Å². The average Bonchev–Trinajstić information content (AvgIpc) is 3.13. The zero-order valence-corrected chi connectivity index (χ0v) is 14.7. The highest BCUT2D eigenvalue weighted by atomic mass is 16.5. The summed E-state index contributed by atoms with van der Waals surface area (Å²) in [6.07, 6.45) is 6.48. The Morgan fingerprint density at radius 3 is 2.56 bits per heavy atom. The molecule has 5 nitrogen and oxygen atoms in total. The summed E-state index contributed by atoms with van der Waals surface area (Å²) < 4.78 is 5.59. The minimum atomic E-state index is -0.602. The zero-order valence-electron chi connectivity index (χ0n) is 14.7. The number of carbonyl (C=O) groups excluding carboxylic acids is 2. The van der Waals surface area contributed by atoms with Crippen LogP contribution in [0.15, 0.2) is 30.3 Å². The van der Waals surface area contributed by atoms with E-state index in [1.54, 1.807) is 0 Å². The molecule has 3 rings (SSSR count). The van der Waals surface area contributed by atoms with Crippen LogP contribution in [0.1, 0.15) is 50.5 Å². The van der Waals surface area contributed by atoms with Crippen molar-refractivity contribution in [2.75, 3.05) is 6.54 Å². The molecule has 2 amide bonds. The van der Waals surface area contributed by atoms with E-state index < -0.39 is 18.1 Å². The third-order valence-electron chi connectivity index (χ3n) is 5.37. The molecule has 2 N–H and O–H groups in total. The summed E-state index contributed by atoms with van der Waals surface area (Å²) >= 11 is 0. The number of piperidine rings is 1. The van der Waals surface area contributed by atoms with Crippen molar-refractivity contribution < 1.29 is 14.3 Å². The summed E-state index contributed by atoms with van der Waals surface area (Å²) in [5, 5.41) is 0. The Kier molecular flexibility index (Phi) is 6.08. The van der Waals surface area contributed by atoms with E-state index >= 15 is 0 Å². The number of nitrogens with zero attached hydrogens (tertiary/aromatic N) is 1. The molecule has 1 aromatic carbocycles. The highest BCUT2D eigenvalue weighted by Crippen LogP contribution is 2.27. The number of primary amides is 1. The number of amides is 2. The first-order valence-corrected chi connectivity index (χ1v) is 9.44. The van der Waals surface area contributed by atoms with Gasteiger partial charge in [0, 0.05) is 12.6 Å². The smallest absolute Gasteiger partial charge is 0.251 e. The fourth-order valence-electron chi connectivity index (χ4n) is 3.99. The van der Waals surface area contributed by atoms with Crippen molar-refractivity contribution in [3.8, 4) is 0 Å². The minimum absolute atomic E-state index is 0.0492. The van der Waals surface area contributed by atoms with Crippen LogP contribution in [0.25, 0.3) is 0 Å². The Labute approximate surface area is 149 Å². The summed E-state index contributed by atoms with van der Waals surface area (Å²) in [5.41, 5.74) is 6.64. The van der Waals surface area contributed by atoms with Gasteiger partial charge in [-0.25, -0.2) is 0 Å². The van der Waals surface area contributed by atoms with Gasteiger partial charge in [-0.2, -0.15) is 0 Å². The molecule has 5 heteroatoms. The molecular weight excluding hydrogens is 316 g/mol. The van der Waals surface area contributed by atoms with Crippen LogP contribution in [0, 0.1) is 0 Å². The standard InChI is InChI=1S/C20H28N2O3/c21-19(23)17-12-13-18(25-17)20(24)22-14-5-4-10-16(22)11-6-9-15-7-2-1-3-8-15/h1-3,7-8,16-18H,4-6,9-14H2,(H2,21,23)/t16-,17+,18-/m1/s1. The number of benzene rings is 1. The van der Waals surface area contributed by atoms with E-state index in [9.17, 15) is 9.59 Å². The maximum atomic E-state index is 12.9. The normalized spacial score (nSPS) is 26.6. The second kappa shape index (κ2) is 8.48. The lowest BCUT2D eigenvalue weighted by Crippen LogP contribution is -2.48. The number of ether oxygens (including phenoxy) is 1. The van der Waals surface area contributed by atoms with Crippen LogP contribution in [-0.4, -0.2) is 41.5 Å².